The van der Waals surface area contributed by atoms with Crippen LogP contribution in [0.2, 0.25) is 0 Å². The fourth-order valence-corrected chi connectivity index (χ4v) is 10.8. The summed E-state index contributed by atoms with van der Waals surface area (Å²) in [6.07, 6.45) is 9.19. The summed E-state index contributed by atoms with van der Waals surface area (Å²) in [7, 11) is 0. The van der Waals surface area contributed by atoms with Gasteiger partial charge in [0.2, 0.25) is 0 Å². The van der Waals surface area contributed by atoms with Crippen LogP contribution >= 0.6 is 11.3 Å². The van der Waals surface area contributed by atoms with Gasteiger partial charge in [-0.15, -0.1) is 11.3 Å². The summed E-state index contributed by atoms with van der Waals surface area (Å²) >= 11 is 1.80. The molecule has 0 N–H and O–H groups in total. The fraction of sp³-hybridized carbons (Fsp3) is 0.0577. The van der Waals surface area contributed by atoms with Crippen molar-refractivity contribution in [2.45, 2.75) is 11.3 Å². The molecule has 7 aromatic carbocycles. The maximum Gasteiger partial charge on any atom is 0.164 e. The Kier molecular flexibility index (Phi) is 7.10. The third kappa shape index (κ3) is 4.82. The van der Waals surface area contributed by atoms with Gasteiger partial charge in [-0.25, -0.2) is 15.0 Å². The van der Waals surface area contributed by atoms with Crippen LogP contribution < -0.4 is 4.74 Å². The highest BCUT2D eigenvalue weighted by Crippen LogP contribution is 2.65. The second-order valence-electron chi connectivity index (χ2n) is 15.1. The molecule has 9 aromatic rings. The maximum absolute atomic E-state index is 7.02. The monoisotopic (exact) mass is 747 g/mol. The van der Waals surface area contributed by atoms with Gasteiger partial charge in [0, 0.05) is 65.4 Å². The molecule has 0 saturated heterocycles. The van der Waals surface area contributed by atoms with E-state index in [4.69, 9.17) is 19.7 Å². The van der Waals surface area contributed by atoms with Gasteiger partial charge in [0.05, 0.1) is 5.41 Å². The number of fused-ring (bicyclic) bond motifs is 12. The summed E-state index contributed by atoms with van der Waals surface area (Å²) < 4.78 is 9.50. The lowest BCUT2D eigenvalue weighted by Crippen LogP contribution is -2.37. The van der Waals surface area contributed by atoms with E-state index in [9.17, 15) is 0 Å². The smallest absolute Gasteiger partial charge is 0.164 e. The lowest BCUT2D eigenvalue weighted by molar-refractivity contribution is 0.375. The minimum absolute atomic E-state index is 0.206. The van der Waals surface area contributed by atoms with Crippen LogP contribution in [0.25, 0.3) is 65.5 Å². The Morgan fingerprint density at radius 1 is 0.474 bits per heavy atom. The average molecular weight is 748 g/mol. The number of thiophene rings is 1. The molecule has 12 rings (SSSR count). The molecule has 3 aliphatic rings. The van der Waals surface area contributed by atoms with Crippen molar-refractivity contribution in [2.75, 3.05) is 0 Å². The number of rotatable bonds is 4. The zero-order chi connectivity index (χ0) is 37.5. The average Bonchev–Trinajstić information content (AvgIpc) is 3.80. The van der Waals surface area contributed by atoms with Crippen molar-refractivity contribution in [2.24, 2.45) is 5.92 Å². The van der Waals surface area contributed by atoms with Crippen molar-refractivity contribution in [3.8, 4) is 56.8 Å². The van der Waals surface area contributed by atoms with Crippen LogP contribution in [0.3, 0.4) is 0 Å². The van der Waals surface area contributed by atoms with Crippen LogP contribution in [0.15, 0.2) is 188 Å². The SMILES string of the molecule is C1=CC2c3ccccc3C3(c4ccccc4Oc4c(-c5cccc(-c6nc(-c7ccccc7)nc(-c7ccc8c(c7)sc7ccccc78)n6)c5)cccc43)C2C=C1. The van der Waals surface area contributed by atoms with Crippen LogP contribution in [0.4, 0.5) is 0 Å². The van der Waals surface area contributed by atoms with Crippen LogP contribution in [0.5, 0.6) is 11.5 Å². The molecule has 4 nitrogen and oxygen atoms in total. The van der Waals surface area contributed by atoms with Gasteiger partial charge >= 0.3 is 0 Å². The second kappa shape index (κ2) is 12.5. The molecule has 0 fully saturated rings. The Labute approximate surface area is 334 Å². The first-order chi connectivity index (χ1) is 28.2. The van der Waals surface area contributed by atoms with Gasteiger partial charge in [-0.05, 0) is 41.0 Å². The number of hydrogen-bond acceptors (Lipinski definition) is 5. The molecule has 3 atom stereocenters. The van der Waals surface area contributed by atoms with E-state index in [1.165, 1.54) is 42.4 Å². The Bertz CT molecular complexity index is 3150. The Morgan fingerprint density at radius 2 is 1.12 bits per heavy atom. The molecule has 2 aliphatic carbocycles. The lowest BCUT2D eigenvalue weighted by atomic mass is 9.61. The van der Waals surface area contributed by atoms with Gasteiger partial charge < -0.3 is 4.74 Å². The van der Waals surface area contributed by atoms with E-state index in [1.54, 1.807) is 11.3 Å². The standard InChI is InChI=1S/C52H33N3OS/c1-2-14-32(15-3-1)49-53-50(55-51(54-49)35-28-29-40-39-20-6-11-27-46(39)57-47(40)31-35)34-17-12-16-33(30-34)36-21-13-25-44-48(36)56-45-26-10-9-24-43(45)52(44)41-22-7-4-18-37(41)38-19-5-8-23-42(38)52/h1-31,37,41H. The molecule has 0 radical (unpaired) electrons. The molecular formula is C52H33N3OS. The van der Waals surface area contributed by atoms with Crippen molar-refractivity contribution in [3.05, 3.63) is 210 Å². The third-order valence-corrected chi connectivity index (χ3v) is 13.2. The van der Waals surface area contributed by atoms with Gasteiger partial charge in [0.25, 0.3) is 0 Å². The van der Waals surface area contributed by atoms with Crippen molar-refractivity contribution in [1.29, 1.82) is 0 Å². The first kappa shape index (κ1) is 32.3. The molecule has 5 heteroatoms. The molecule has 0 amide bonds. The zero-order valence-electron chi connectivity index (χ0n) is 30.7. The summed E-state index contributed by atoms with van der Waals surface area (Å²) in [5.74, 6) is 4.18. The van der Waals surface area contributed by atoms with Crippen molar-refractivity contribution >= 4 is 31.5 Å². The highest BCUT2D eigenvalue weighted by molar-refractivity contribution is 7.25. The molecule has 0 saturated carbocycles. The van der Waals surface area contributed by atoms with Gasteiger partial charge in [0.1, 0.15) is 11.5 Å². The molecule has 1 spiro atoms. The number of hydrogen-bond donors (Lipinski definition) is 0. The molecule has 3 unspecified atom stereocenters. The number of para-hydroxylation sites is 2. The van der Waals surface area contributed by atoms with Crippen LogP contribution in [0, 0.1) is 5.92 Å². The molecular weight excluding hydrogens is 715 g/mol. The lowest BCUT2D eigenvalue weighted by Gasteiger charge is -2.43. The third-order valence-electron chi connectivity index (χ3n) is 12.1. The second-order valence-corrected chi connectivity index (χ2v) is 16.1. The topological polar surface area (TPSA) is 47.9 Å². The van der Waals surface area contributed by atoms with E-state index in [-0.39, 0.29) is 11.8 Å². The van der Waals surface area contributed by atoms with E-state index in [0.717, 1.165) is 39.3 Å². The molecule has 1 aliphatic heterocycles. The number of allylic oxidation sites excluding steroid dienone is 4. The van der Waals surface area contributed by atoms with Gasteiger partial charge in [0.15, 0.2) is 17.5 Å². The fourth-order valence-electron chi connectivity index (χ4n) is 9.66. The molecule has 2 aromatic heterocycles. The summed E-state index contributed by atoms with van der Waals surface area (Å²) in [5, 5.41) is 2.52. The Balaban J connectivity index is 1.03. The molecule has 268 valence electrons. The zero-order valence-corrected chi connectivity index (χ0v) is 31.5. The summed E-state index contributed by atoms with van der Waals surface area (Å²) in [4.78, 5) is 15.4. The molecule has 3 heterocycles. The largest absolute Gasteiger partial charge is 0.456 e. The summed E-state index contributed by atoms with van der Waals surface area (Å²) in [6, 6.07) is 58.1. The van der Waals surface area contributed by atoms with Gasteiger partial charge in [-0.1, -0.05) is 164 Å². The minimum Gasteiger partial charge on any atom is -0.456 e. The van der Waals surface area contributed by atoms with E-state index in [0.29, 0.717) is 17.5 Å². The summed E-state index contributed by atoms with van der Waals surface area (Å²) in [6.45, 7) is 0. The highest BCUT2D eigenvalue weighted by Gasteiger charge is 2.56. The number of nitrogens with zero attached hydrogens (tertiary/aromatic N) is 3. The Hall–Kier alpha value is -6.95. The normalized spacial score (nSPS) is 18.6. The first-order valence-electron chi connectivity index (χ1n) is 19.4. The van der Waals surface area contributed by atoms with Crippen LogP contribution in [-0.4, -0.2) is 15.0 Å². The first-order valence-corrected chi connectivity index (χ1v) is 20.2. The Morgan fingerprint density at radius 3 is 2.02 bits per heavy atom. The van der Waals surface area contributed by atoms with E-state index in [1.807, 2.05) is 18.2 Å². The number of aromatic nitrogens is 3. The van der Waals surface area contributed by atoms with Gasteiger partial charge in [-0.3, -0.25) is 0 Å². The number of ether oxygens (including phenoxy) is 1. The minimum atomic E-state index is -0.413. The van der Waals surface area contributed by atoms with E-state index in [2.05, 4.69) is 170 Å². The van der Waals surface area contributed by atoms with Crippen molar-refractivity contribution in [1.82, 2.24) is 15.0 Å². The molecule has 57 heavy (non-hydrogen) atoms. The molecule has 0 bridgehead atoms. The van der Waals surface area contributed by atoms with Crippen LogP contribution in [0.1, 0.15) is 28.2 Å². The summed E-state index contributed by atoms with van der Waals surface area (Å²) in [5.41, 5.74) is 9.60. The van der Waals surface area contributed by atoms with Crippen molar-refractivity contribution in [3.63, 3.8) is 0 Å². The van der Waals surface area contributed by atoms with E-state index < -0.39 is 5.41 Å². The van der Waals surface area contributed by atoms with E-state index >= 15 is 0 Å². The predicted molar refractivity (Wildman–Crippen MR) is 232 cm³/mol. The number of benzene rings is 7. The van der Waals surface area contributed by atoms with Crippen molar-refractivity contribution < 1.29 is 4.74 Å². The highest BCUT2D eigenvalue weighted by atomic mass is 32.1. The van der Waals surface area contributed by atoms with Crippen LogP contribution in [-0.2, 0) is 5.41 Å². The quantitative estimate of drug-likeness (QED) is 0.180. The maximum atomic E-state index is 7.02. The van der Waals surface area contributed by atoms with Gasteiger partial charge in [-0.2, -0.15) is 0 Å². The predicted octanol–water partition coefficient (Wildman–Crippen LogP) is 13.2.